The van der Waals surface area contributed by atoms with Gasteiger partial charge in [-0.3, -0.25) is 4.79 Å². The van der Waals surface area contributed by atoms with Crippen LogP contribution in [0.15, 0.2) is 63.8 Å². The van der Waals surface area contributed by atoms with Gasteiger partial charge in [0, 0.05) is 31.8 Å². The Balaban J connectivity index is 1.53. The molecule has 2 atom stereocenters. The molecular weight excluding hydrogens is 458 g/mol. The number of nitrogens with one attached hydrogen (secondary N) is 1. The second-order valence-electron chi connectivity index (χ2n) is 8.46. The molecule has 1 aromatic heterocycles. The minimum Gasteiger partial charge on any atom is -0.381 e. The molecule has 33 heavy (non-hydrogen) atoms. The molecule has 1 N–H and O–H groups in total. The number of benzene rings is 2. The van der Waals surface area contributed by atoms with Crippen LogP contribution in [0.1, 0.15) is 30.7 Å². The lowest BCUT2D eigenvalue weighted by molar-refractivity contribution is -0.118. The van der Waals surface area contributed by atoms with E-state index in [1.807, 2.05) is 29.5 Å². The number of aromatic nitrogens is 1. The number of sulfone groups is 1. The van der Waals surface area contributed by atoms with E-state index < -0.39 is 15.8 Å². The Morgan fingerprint density at radius 3 is 2.82 bits per heavy atom. The van der Waals surface area contributed by atoms with E-state index in [0.29, 0.717) is 34.4 Å². The molecule has 2 aliphatic rings. The second kappa shape index (κ2) is 8.89. The number of hydrogen-bond donors (Lipinski definition) is 1. The minimum atomic E-state index is -3.64. The van der Waals surface area contributed by atoms with Crippen molar-refractivity contribution in [1.82, 2.24) is 4.98 Å². The molecular formula is C24H25N3O4S2. The lowest BCUT2D eigenvalue weighted by atomic mass is 9.85. The maximum atomic E-state index is 13.3. The first kappa shape index (κ1) is 22.1. The van der Waals surface area contributed by atoms with Gasteiger partial charge in [0.05, 0.1) is 27.1 Å². The summed E-state index contributed by atoms with van der Waals surface area (Å²) in [5.41, 5.74) is 2.00. The van der Waals surface area contributed by atoms with Crippen LogP contribution in [0.2, 0.25) is 0 Å². The smallest absolute Gasteiger partial charge is 0.233 e. The molecule has 1 fully saturated rings. The Hall–Kier alpha value is -2.75. The van der Waals surface area contributed by atoms with Crippen molar-refractivity contribution in [1.29, 1.82) is 0 Å². The fourth-order valence-electron chi connectivity index (χ4n) is 4.65. The summed E-state index contributed by atoms with van der Waals surface area (Å²) in [4.78, 5) is 20.0. The quantitative estimate of drug-likeness (QED) is 0.571. The van der Waals surface area contributed by atoms with Gasteiger partial charge < -0.3 is 15.0 Å². The molecule has 1 saturated heterocycles. The van der Waals surface area contributed by atoms with Crippen LogP contribution in [0.25, 0.3) is 0 Å². The predicted octanol–water partition coefficient (Wildman–Crippen LogP) is 4.60. The summed E-state index contributed by atoms with van der Waals surface area (Å²) >= 11 is 1.37. The zero-order chi connectivity index (χ0) is 23.0. The molecule has 5 rings (SSSR count). The summed E-state index contributed by atoms with van der Waals surface area (Å²) in [7, 11) is -1.78. The second-order valence-corrected chi connectivity index (χ2v) is 11.2. The van der Waals surface area contributed by atoms with E-state index in [2.05, 4.69) is 10.3 Å². The Labute approximate surface area is 197 Å². The monoisotopic (exact) mass is 483 g/mol. The van der Waals surface area contributed by atoms with Gasteiger partial charge >= 0.3 is 0 Å². The number of amides is 1. The number of ether oxygens (including phenoxy) is 1. The van der Waals surface area contributed by atoms with Crippen LogP contribution in [0.5, 0.6) is 0 Å². The van der Waals surface area contributed by atoms with E-state index in [4.69, 9.17) is 4.74 Å². The highest BCUT2D eigenvalue weighted by Gasteiger charge is 2.34. The van der Waals surface area contributed by atoms with Crippen LogP contribution in [0.3, 0.4) is 0 Å². The summed E-state index contributed by atoms with van der Waals surface area (Å²) < 4.78 is 32.2. The number of para-hydroxylation sites is 1. The molecule has 3 aromatic rings. The first-order chi connectivity index (χ1) is 15.9. The van der Waals surface area contributed by atoms with Crippen LogP contribution in [0.4, 0.5) is 16.5 Å². The van der Waals surface area contributed by atoms with Gasteiger partial charge in [-0.15, -0.1) is 11.3 Å². The number of carbonyl (C=O) groups excluding carboxylic acids is 1. The number of nitrogens with zero attached hydrogens (tertiary/aromatic N) is 2. The number of carbonyl (C=O) groups is 1. The molecule has 7 nitrogen and oxygen atoms in total. The maximum Gasteiger partial charge on any atom is 0.233 e. The van der Waals surface area contributed by atoms with E-state index in [9.17, 15) is 13.2 Å². The number of hydrogen-bond acceptors (Lipinski definition) is 7. The molecule has 0 spiro atoms. The molecule has 172 valence electrons. The largest absolute Gasteiger partial charge is 0.381 e. The fourth-order valence-corrected chi connectivity index (χ4v) is 6.87. The van der Waals surface area contributed by atoms with Crippen molar-refractivity contribution in [3.05, 3.63) is 59.6 Å². The topological polar surface area (TPSA) is 88.6 Å². The van der Waals surface area contributed by atoms with Crippen LogP contribution in [0, 0.1) is 5.92 Å². The van der Waals surface area contributed by atoms with Gasteiger partial charge in [0.25, 0.3) is 0 Å². The highest BCUT2D eigenvalue weighted by atomic mass is 32.2. The van der Waals surface area contributed by atoms with Gasteiger partial charge in [0.15, 0.2) is 5.13 Å². The molecule has 1 amide bonds. The Bertz CT molecular complexity index is 1270. The van der Waals surface area contributed by atoms with Gasteiger partial charge in [0.2, 0.25) is 15.7 Å². The lowest BCUT2D eigenvalue weighted by Crippen LogP contribution is -2.27. The van der Waals surface area contributed by atoms with Crippen molar-refractivity contribution >= 4 is 43.6 Å². The molecule has 0 bridgehead atoms. The maximum absolute atomic E-state index is 13.3. The SMILES string of the molecule is CN1c2ccccc2S(=O)(=O)c2ccc(C(CC3CCCOC3)C(=O)Nc3nccs3)cc21. The van der Waals surface area contributed by atoms with Crippen LogP contribution < -0.4 is 10.2 Å². The molecule has 9 heteroatoms. The summed E-state index contributed by atoms with van der Waals surface area (Å²) in [5, 5.41) is 5.30. The molecule has 2 unspecified atom stereocenters. The van der Waals surface area contributed by atoms with Crippen LogP contribution >= 0.6 is 11.3 Å². The average Bonchev–Trinajstić information content (AvgIpc) is 3.34. The Kier molecular flexibility index (Phi) is 5.94. The van der Waals surface area contributed by atoms with Gasteiger partial charge in [-0.25, -0.2) is 13.4 Å². The van der Waals surface area contributed by atoms with Gasteiger partial charge in [-0.05, 0) is 55.0 Å². The third kappa shape index (κ3) is 4.16. The summed E-state index contributed by atoms with van der Waals surface area (Å²) in [6, 6.07) is 12.2. The van der Waals surface area contributed by atoms with Crippen molar-refractivity contribution in [2.45, 2.75) is 35.0 Å². The molecule has 2 aliphatic heterocycles. The number of rotatable bonds is 5. The lowest BCUT2D eigenvalue weighted by Gasteiger charge is -2.31. The van der Waals surface area contributed by atoms with Crippen molar-refractivity contribution in [2.24, 2.45) is 5.92 Å². The number of thiazole rings is 1. The predicted molar refractivity (Wildman–Crippen MR) is 128 cm³/mol. The van der Waals surface area contributed by atoms with Crippen molar-refractivity contribution in [3.8, 4) is 0 Å². The summed E-state index contributed by atoms with van der Waals surface area (Å²) in [5.74, 6) is -0.319. The molecule has 2 aromatic carbocycles. The van der Waals surface area contributed by atoms with E-state index in [1.165, 1.54) is 11.3 Å². The fraction of sp³-hybridized carbons (Fsp3) is 0.333. The molecule has 0 radical (unpaired) electrons. The molecule has 3 heterocycles. The van der Waals surface area contributed by atoms with Crippen LogP contribution in [-0.2, 0) is 19.4 Å². The van der Waals surface area contributed by atoms with Gasteiger partial charge in [-0.2, -0.15) is 0 Å². The average molecular weight is 484 g/mol. The van der Waals surface area contributed by atoms with Crippen molar-refractivity contribution < 1.29 is 17.9 Å². The standard InChI is InChI=1S/C24H25N3O4S2/c1-27-19-6-2-3-7-21(19)33(29,30)22-9-8-17(14-20(22)27)18(13-16-5-4-11-31-15-16)23(28)26-24-25-10-12-32-24/h2-3,6-10,12,14,16,18H,4-5,11,13,15H2,1H3,(H,25,26,28). The summed E-state index contributed by atoms with van der Waals surface area (Å²) in [6.07, 6.45) is 4.27. The summed E-state index contributed by atoms with van der Waals surface area (Å²) in [6.45, 7) is 1.39. The molecule has 0 saturated carbocycles. The molecule has 0 aliphatic carbocycles. The van der Waals surface area contributed by atoms with E-state index >= 15 is 0 Å². The van der Waals surface area contributed by atoms with E-state index in [-0.39, 0.29) is 16.7 Å². The number of fused-ring (bicyclic) bond motifs is 2. The Morgan fingerprint density at radius 1 is 1.24 bits per heavy atom. The zero-order valence-electron chi connectivity index (χ0n) is 18.2. The third-order valence-corrected chi connectivity index (χ3v) is 8.89. The normalized spacial score (nSPS) is 19.9. The zero-order valence-corrected chi connectivity index (χ0v) is 19.9. The first-order valence-corrected chi connectivity index (χ1v) is 13.3. The van der Waals surface area contributed by atoms with E-state index in [0.717, 1.165) is 25.0 Å². The van der Waals surface area contributed by atoms with Crippen molar-refractivity contribution in [2.75, 3.05) is 30.5 Å². The van der Waals surface area contributed by atoms with Crippen LogP contribution in [-0.4, -0.2) is 39.6 Å². The Morgan fingerprint density at radius 2 is 2.06 bits per heavy atom. The third-order valence-electron chi connectivity index (χ3n) is 6.35. The van der Waals surface area contributed by atoms with E-state index in [1.54, 1.807) is 36.5 Å². The van der Waals surface area contributed by atoms with Crippen molar-refractivity contribution in [3.63, 3.8) is 0 Å². The highest BCUT2D eigenvalue weighted by Crippen LogP contribution is 2.44. The van der Waals surface area contributed by atoms with Gasteiger partial charge in [-0.1, -0.05) is 18.2 Å². The minimum absolute atomic E-state index is 0.141. The number of anilines is 3. The first-order valence-electron chi connectivity index (χ1n) is 10.9. The van der Waals surface area contributed by atoms with Gasteiger partial charge in [0.1, 0.15) is 0 Å². The highest BCUT2D eigenvalue weighted by molar-refractivity contribution is 7.92.